The summed E-state index contributed by atoms with van der Waals surface area (Å²) in [6, 6.07) is 65.0. The molecule has 0 N–H and O–H groups in total. The van der Waals surface area contributed by atoms with E-state index < -0.39 is 5.69 Å². The minimum Gasteiger partial charge on any atom is -0.456 e. The van der Waals surface area contributed by atoms with E-state index in [0.717, 1.165) is 72.4 Å². The molecule has 7 aromatic carbocycles. The van der Waals surface area contributed by atoms with Crippen LogP contribution in [0.15, 0.2) is 213 Å². The third-order valence-corrected chi connectivity index (χ3v) is 11.3. The molecule has 1 atom stereocenters. The zero-order valence-electron chi connectivity index (χ0n) is 33.1. The minimum atomic E-state index is -0.410. The first-order valence-corrected chi connectivity index (χ1v) is 20.2. The van der Waals surface area contributed by atoms with E-state index in [2.05, 4.69) is 70.5 Å². The van der Waals surface area contributed by atoms with Gasteiger partial charge in [-0.3, -0.25) is 0 Å². The Kier molecular flexibility index (Phi) is 8.74. The molecule has 0 spiro atoms. The lowest BCUT2D eigenvalue weighted by atomic mass is 9.98. The molecule has 3 aromatic heterocycles. The Morgan fingerprint density at radius 2 is 1.16 bits per heavy atom. The first-order chi connectivity index (χ1) is 30.1. The van der Waals surface area contributed by atoms with Crippen molar-refractivity contribution in [3.05, 3.63) is 221 Å². The van der Waals surface area contributed by atoms with Crippen LogP contribution in [0.3, 0.4) is 0 Å². The molecule has 1 unspecified atom stereocenters. The molecule has 0 radical (unpaired) electrons. The summed E-state index contributed by atoms with van der Waals surface area (Å²) in [6.45, 7) is 0. The molecule has 1 aliphatic heterocycles. The van der Waals surface area contributed by atoms with Gasteiger partial charge in [0.05, 0.1) is 5.69 Å². The second-order valence-electron chi connectivity index (χ2n) is 15.1. The maximum Gasteiger partial charge on any atom is 0.355 e. The SMILES string of the molecule is CN1C(c2ccccc2)=NC(c2ccccc2)=NC1c1cccc(-c2ccc3oc4cccc(-c5nc(=O)n6c(-c7ccccc7)cc(-c7ccccc7)cc6n5)c4c3c2)c1. The molecule has 8 nitrogen and oxygen atoms in total. The maximum atomic E-state index is 14.1. The van der Waals surface area contributed by atoms with Crippen LogP contribution in [0.25, 0.3) is 72.5 Å². The van der Waals surface area contributed by atoms with Crippen molar-refractivity contribution in [3.63, 3.8) is 0 Å². The van der Waals surface area contributed by atoms with Gasteiger partial charge in [-0.05, 0) is 69.8 Å². The summed E-state index contributed by atoms with van der Waals surface area (Å²) >= 11 is 0. The molecule has 0 saturated carbocycles. The molecule has 1 aliphatic rings. The molecule has 290 valence electrons. The van der Waals surface area contributed by atoms with E-state index in [9.17, 15) is 4.79 Å². The highest BCUT2D eigenvalue weighted by Gasteiger charge is 2.27. The number of fused-ring (bicyclic) bond motifs is 4. The van der Waals surface area contributed by atoms with Crippen LogP contribution in [-0.2, 0) is 0 Å². The highest BCUT2D eigenvalue weighted by atomic mass is 16.3. The topological polar surface area (TPSA) is 88.4 Å². The lowest BCUT2D eigenvalue weighted by Gasteiger charge is -2.32. The lowest BCUT2D eigenvalue weighted by Crippen LogP contribution is -2.35. The van der Waals surface area contributed by atoms with Gasteiger partial charge < -0.3 is 9.32 Å². The van der Waals surface area contributed by atoms with Crippen LogP contribution in [0.4, 0.5) is 0 Å². The molecule has 4 heterocycles. The van der Waals surface area contributed by atoms with Gasteiger partial charge >= 0.3 is 5.69 Å². The van der Waals surface area contributed by atoms with Crippen molar-refractivity contribution in [2.75, 3.05) is 7.05 Å². The third kappa shape index (κ3) is 6.47. The second-order valence-corrected chi connectivity index (χ2v) is 15.1. The number of aliphatic imine (C=N–C) groups is 2. The number of hydrogen-bond donors (Lipinski definition) is 0. The number of hydrogen-bond acceptors (Lipinski definition) is 7. The zero-order valence-corrected chi connectivity index (χ0v) is 33.1. The minimum absolute atomic E-state index is 0.318. The molecule has 0 bridgehead atoms. The Labute approximate surface area is 351 Å². The van der Waals surface area contributed by atoms with Crippen molar-refractivity contribution in [3.8, 4) is 44.9 Å². The Morgan fingerprint density at radius 3 is 1.90 bits per heavy atom. The molecule has 10 aromatic rings. The van der Waals surface area contributed by atoms with Gasteiger partial charge in [-0.1, -0.05) is 158 Å². The van der Waals surface area contributed by atoms with Crippen molar-refractivity contribution in [1.29, 1.82) is 0 Å². The smallest absolute Gasteiger partial charge is 0.355 e. The normalized spacial score (nSPS) is 14.0. The van der Waals surface area contributed by atoms with Crippen LogP contribution in [0.5, 0.6) is 0 Å². The van der Waals surface area contributed by atoms with Crippen LogP contribution < -0.4 is 5.69 Å². The summed E-state index contributed by atoms with van der Waals surface area (Å²) < 4.78 is 8.03. The molecule has 61 heavy (non-hydrogen) atoms. The Bertz CT molecular complexity index is 3400. The summed E-state index contributed by atoms with van der Waals surface area (Å²) in [6.07, 6.45) is -0.318. The molecular weight excluding hydrogens is 753 g/mol. The number of pyridine rings is 1. The van der Waals surface area contributed by atoms with E-state index in [1.165, 1.54) is 0 Å². The molecule has 0 amide bonds. The van der Waals surface area contributed by atoms with Gasteiger partial charge in [0.2, 0.25) is 0 Å². The highest BCUT2D eigenvalue weighted by molar-refractivity contribution is 6.14. The van der Waals surface area contributed by atoms with Crippen molar-refractivity contribution in [2.45, 2.75) is 6.17 Å². The van der Waals surface area contributed by atoms with Crippen molar-refractivity contribution in [1.82, 2.24) is 19.3 Å². The number of nitrogens with zero attached hydrogens (tertiary/aromatic N) is 6. The largest absolute Gasteiger partial charge is 0.456 e. The Balaban J connectivity index is 1.03. The van der Waals surface area contributed by atoms with Gasteiger partial charge in [-0.2, -0.15) is 4.98 Å². The first-order valence-electron chi connectivity index (χ1n) is 20.2. The monoisotopic (exact) mass is 788 g/mol. The van der Waals surface area contributed by atoms with Gasteiger partial charge in [0.1, 0.15) is 22.6 Å². The second kappa shape index (κ2) is 14.9. The molecule has 8 heteroatoms. The Morgan fingerprint density at radius 1 is 0.525 bits per heavy atom. The average Bonchev–Trinajstić information content (AvgIpc) is 3.71. The van der Waals surface area contributed by atoms with Crippen molar-refractivity contribution in [2.24, 2.45) is 9.98 Å². The van der Waals surface area contributed by atoms with E-state index >= 15 is 0 Å². The summed E-state index contributed by atoms with van der Waals surface area (Å²) in [7, 11) is 2.05. The van der Waals surface area contributed by atoms with E-state index in [0.29, 0.717) is 28.5 Å². The molecule has 0 saturated heterocycles. The van der Waals surface area contributed by atoms with Crippen LogP contribution >= 0.6 is 0 Å². The van der Waals surface area contributed by atoms with Gasteiger partial charge in [0.25, 0.3) is 0 Å². The van der Waals surface area contributed by atoms with Crippen molar-refractivity contribution < 1.29 is 4.42 Å². The number of aromatic nitrogens is 3. The van der Waals surface area contributed by atoms with E-state index in [1.54, 1.807) is 4.40 Å². The quantitative estimate of drug-likeness (QED) is 0.160. The van der Waals surface area contributed by atoms with Gasteiger partial charge in [0.15, 0.2) is 17.8 Å². The van der Waals surface area contributed by atoms with Crippen LogP contribution in [0.2, 0.25) is 0 Å². The number of amidine groups is 2. The standard InChI is InChI=1S/C53H36N6O2/c1-58-51(37-22-12-5-13-23-37)55-49(36-20-10-4-11-21-36)56-52(58)40-25-14-24-38(30-40)39-28-29-45-43(31-39)48-42(26-15-27-46(48)61-45)50-54-47-33-41(34-16-6-2-7-17-34)32-44(59(47)53(60)57-50)35-18-8-3-9-19-35/h2-33,52H,1H3. The molecule has 0 fully saturated rings. The highest BCUT2D eigenvalue weighted by Crippen LogP contribution is 2.39. The third-order valence-electron chi connectivity index (χ3n) is 11.3. The Hall–Kier alpha value is -8.23. The van der Waals surface area contributed by atoms with E-state index in [4.69, 9.17) is 19.4 Å². The fraction of sp³-hybridized carbons (Fsp3) is 0.0377. The predicted molar refractivity (Wildman–Crippen MR) is 245 cm³/mol. The molecule has 11 rings (SSSR count). The summed E-state index contributed by atoms with van der Waals surface area (Å²) in [4.78, 5) is 36.3. The molecular formula is C53H36N6O2. The van der Waals surface area contributed by atoms with E-state index in [1.807, 2.05) is 141 Å². The predicted octanol–water partition coefficient (Wildman–Crippen LogP) is 11.5. The number of furan rings is 1. The fourth-order valence-corrected chi connectivity index (χ4v) is 8.35. The zero-order chi connectivity index (χ0) is 40.9. The van der Waals surface area contributed by atoms with Gasteiger partial charge in [-0.25, -0.2) is 24.2 Å². The summed E-state index contributed by atoms with van der Waals surface area (Å²) in [5.41, 5.74) is 10.9. The first kappa shape index (κ1) is 35.9. The van der Waals surface area contributed by atoms with E-state index in [-0.39, 0.29) is 6.17 Å². The number of rotatable bonds is 7. The fourth-order valence-electron chi connectivity index (χ4n) is 8.35. The summed E-state index contributed by atoms with van der Waals surface area (Å²) in [5, 5.41) is 1.74. The maximum absolute atomic E-state index is 14.1. The van der Waals surface area contributed by atoms with Crippen LogP contribution in [0.1, 0.15) is 22.9 Å². The lowest BCUT2D eigenvalue weighted by molar-refractivity contribution is 0.383. The average molecular weight is 789 g/mol. The van der Waals surface area contributed by atoms with Crippen LogP contribution in [-0.4, -0.2) is 38.0 Å². The number of benzene rings is 7. The van der Waals surface area contributed by atoms with Gasteiger partial charge in [-0.15, -0.1) is 0 Å². The molecule has 0 aliphatic carbocycles. The van der Waals surface area contributed by atoms with Crippen molar-refractivity contribution >= 4 is 39.3 Å². The van der Waals surface area contributed by atoms with Gasteiger partial charge in [0, 0.05) is 34.5 Å². The van der Waals surface area contributed by atoms with Crippen LogP contribution in [0, 0.1) is 0 Å². The summed E-state index contributed by atoms with van der Waals surface area (Å²) in [5.74, 6) is 1.87.